The number of sulfone groups is 1. The summed E-state index contributed by atoms with van der Waals surface area (Å²) in [5, 5.41) is 6.72. The molecule has 0 bridgehead atoms. The SMILES string of the molecule is CN=C(NCC(C1CCCCC1)N(C)C)NC(C)CCS(C)(=O)=O. The Morgan fingerprint density at radius 1 is 1.25 bits per heavy atom. The van der Waals surface area contributed by atoms with E-state index < -0.39 is 9.84 Å². The van der Waals surface area contributed by atoms with Gasteiger partial charge in [0.1, 0.15) is 9.84 Å². The molecule has 7 heteroatoms. The molecule has 0 aromatic heterocycles. The molecule has 0 amide bonds. The van der Waals surface area contributed by atoms with Crippen molar-refractivity contribution in [3.63, 3.8) is 0 Å². The third-order valence-electron chi connectivity index (χ3n) is 4.86. The zero-order chi connectivity index (χ0) is 18.2. The van der Waals surface area contributed by atoms with Crippen LogP contribution in [0.2, 0.25) is 0 Å². The highest BCUT2D eigenvalue weighted by molar-refractivity contribution is 7.90. The van der Waals surface area contributed by atoms with Crippen LogP contribution in [0.4, 0.5) is 0 Å². The second-order valence-electron chi connectivity index (χ2n) is 7.35. The number of likely N-dealkylation sites (N-methyl/N-ethyl adjacent to an activating group) is 1. The molecule has 2 unspecified atom stereocenters. The van der Waals surface area contributed by atoms with Crippen molar-refractivity contribution in [2.75, 3.05) is 39.7 Å². The summed E-state index contributed by atoms with van der Waals surface area (Å²) < 4.78 is 22.6. The number of hydrogen-bond acceptors (Lipinski definition) is 4. The van der Waals surface area contributed by atoms with Gasteiger partial charge in [-0.3, -0.25) is 4.99 Å². The molecule has 2 N–H and O–H groups in total. The van der Waals surface area contributed by atoms with Gasteiger partial charge in [0.2, 0.25) is 0 Å². The van der Waals surface area contributed by atoms with Crippen LogP contribution in [0.1, 0.15) is 45.4 Å². The number of aliphatic imine (C=N–C) groups is 1. The topological polar surface area (TPSA) is 73.8 Å². The maximum atomic E-state index is 11.3. The average molecular weight is 361 g/mol. The fourth-order valence-electron chi connectivity index (χ4n) is 3.38. The Balaban J connectivity index is 2.48. The summed E-state index contributed by atoms with van der Waals surface area (Å²) in [5.41, 5.74) is 0. The van der Waals surface area contributed by atoms with Crippen molar-refractivity contribution in [1.29, 1.82) is 0 Å². The molecule has 6 nitrogen and oxygen atoms in total. The van der Waals surface area contributed by atoms with Gasteiger partial charge >= 0.3 is 0 Å². The monoisotopic (exact) mass is 360 g/mol. The second kappa shape index (κ2) is 10.2. The van der Waals surface area contributed by atoms with Gasteiger partial charge in [0.15, 0.2) is 5.96 Å². The summed E-state index contributed by atoms with van der Waals surface area (Å²) in [6.07, 6.45) is 8.51. The highest BCUT2D eigenvalue weighted by Crippen LogP contribution is 2.27. The first-order valence-electron chi connectivity index (χ1n) is 9.04. The quantitative estimate of drug-likeness (QED) is 0.507. The van der Waals surface area contributed by atoms with Crippen molar-refractivity contribution in [1.82, 2.24) is 15.5 Å². The van der Waals surface area contributed by atoms with Crippen LogP contribution in [0.25, 0.3) is 0 Å². The predicted molar refractivity (Wildman–Crippen MR) is 102 cm³/mol. The zero-order valence-electron chi connectivity index (χ0n) is 16.0. The second-order valence-corrected chi connectivity index (χ2v) is 9.61. The first-order chi connectivity index (χ1) is 11.2. The molecule has 1 rings (SSSR count). The Hall–Kier alpha value is -0.820. The maximum Gasteiger partial charge on any atom is 0.191 e. The van der Waals surface area contributed by atoms with E-state index in [1.54, 1.807) is 7.05 Å². The number of hydrogen-bond donors (Lipinski definition) is 2. The van der Waals surface area contributed by atoms with Gasteiger partial charge in [-0.15, -0.1) is 0 Å². The van der Waals surface area contributed by atoms with Crippen molar-refractivity contribution in [3.05, 3.63) is 0 Å². The Kier molecular flexibility index (Phi) is 9.05. The van der Waals surface area contributed by atoms with E-state index in [1.165, 1.54) is 38.4 Å². The third-order valence-corrected chi connectivity index (χ3v) is 5.84. The predicted octanol–water partition coefficient (Wildman–Crippen LogP) is 1.49. The van der Waals surface area contributed by atoms with E-state index in [0.717, 1.165) is 18.4 Å². The summed E-state index contributed by atoms with van der Waals surface area (Å²) in [5.74, 6) is 1.68. The molecule has 2 atom stereocenters. The fraction of sp³-hybridized carbons (Fsp3) is 0.941. The van der Waals surface area contributed by atoms with E-state index in [9.17, 15) is 8.42 Å². The lowest BCUT2D eigenvalue weighted by molar-refractivity contribution is 0.171. The molecule has 1 aliphatic rings. The van der Waals surface area contributed by atoms with Gasteiger partial charge in [-0.25, -0.2) is 8.42 Å². The van der Waals surface area contributed by atoms with Crippen LogP contribution in [-0.2, 0) is 9.84 Å². The van der Waals surface area contributed by atoms with Gasteiger partial charge < -0.3 is 15.5 Å². The van der Waals surface area contributed by atoms with Gasteiger partial charge in [0.25, 0.3) is 0 Å². The number of guanidine groups is 1. The van der Waals surface area contributed by atoms with E-state index in [2.05, 4.69) is 34.6 Å². The van der Waals surface area contributed by atoms with Gasteiger partial charge in [0.05, 0.1) is 5.75 Å². The minimum absolute atomic E-state index is 0.0680. The molecule has 0 spiro atoms. The largest absolute Gasteiger partial charge is 0.355 e. The molecular formula is C17H36N4O2S. The van der Waals surface area contributed by atoms with Gasteiger partial charge in [0, 0.05) is 31.9 Å². The molecule has 1 aliphatic carbocycles. The lowest BCUT2D eigenvalue weighted by atomic mass is 9.83. The third kappa shape index (κ3) is 8.33. The van der Waals surface area contributed by atoms with Crippen LogP contribution in [0.3, 0.4) is 0 Å². The molecule has 0 radical (unpaired) electrons. The van der Waals surface area contributed by atoms with Crippen LogP contribution in [0.15, 0.2) is 4.99 Å². The Labute approximate surface area is 148 Å². The molecule has 24 heavy (non-hydrogen) atoms. The first-order valence-corrected chi connectivity index (χ1v) is 11.1. The minimum atomic E-state index is -2.92. The van der Waals surface area contributed by atoms with Crippen molar-refractivity contribution in [2.45, 2.75) is 57.5 Å². The van der Waals surface area contributed by atoms with Crippen LogP contribution < -0.4 is 10.6 Å². The van der Waals surface area contributed by atoms with Crippen molar-refractivity contribution in [3.8, 4) is 0 Å². The standard InChI is InChI=1S/C17H36N4O2S/c1-14(11-12-24(5,22)23)20-17(18-2)19-13-16(21(3)4)15-9-7-6-8-10-15/h14-16H,6-13H2,1-5H3,(H2,18,19,20). The lowest BCUT2D eigenvalue weighted by Gasteiger charge is -2.35. The molecule has 1 saturated carbocycles. The molecular weight excluding hydrogens is 324 g/mol. The van der Waals surface area contributed by atoms with E-state index in [1.807, 2.05) is 6.92 Å². The van der Waals surface area contributed by atoms with E-state index >= 15 is 0 Å². The van der Waals surface area contributed by atoms with Crippen molar-refractivity contribution >= 4 is 15.8 Å². The zero-order valence-corrected chi connectivity index (χ0v) is 16.8. The molecule has 0 aromatic rings. The van der Waals surface area contributed by atoms with Gasteiger partial charge in [-0.05, 0) is 46.2 Å². The van der Waals surface area contributed by atoms with Gasteiger partial charge in [-0.1, -0.05) is 19.3 Å². The van der Waals surface area contributed by atoms with Crippen LogP contribution in [-0.4, -0.2) is 71.1 Å². The summed E-state index contributed by atoms with van der Waals surface area (Å²) in [6, 6.07) is 0.564. The van der Waals surface area contributed by atoms with Crippen molar-refractivity contribution < 1.29 is 8.42 Å². The number of nitrogens with one attached hydrogen (secondary N) is 2. The number of rotatable bonds is 8. The summed E-state index contributed by atoms with van der Waals surface area (Å²) in [4.78, 5) is 6.58. The smallest absolute Gasteiger partial charge is 0.191 e. The molecule has 1 fully saturated rings. The van der Waals surface area contributed by atoms with Crippen LogP contribution in [0.5, 0.6) is 0 Å². The first kappa shape index (κ1) is 21.2. The van der Waals surface area contributed by atoms with Gasteiger partial charge in [-0.2, -0.15) is 0 Å². The molecule has 0 aromatic carbocycles. The highest BCUT2D eigenvalue weighted by atomic mass is 32.2. The summed E-state index contributed by atoms with van der Waals surface area (Å²) in [6.45, 7) is 2.85. The minimum Gasteiger partial charge on any atom is -0.355 e. The average Bonchev–Trinajstić information content (AvgIpc) is 2.52. The molecule has 0 aliphatic heterocycles. The van der Waals surface area contributed by atoms with Crippen LogP contribution >= 0.6 is 0 Å². The Morgan fingerprint density at radius 3 is 2.38 bits per heavy atom. The normalized spacial score (nSPS) is 20.0. The number of nitrogens with zero attached hydrogens (tertiary/aromatic N) is 2. The molecule has 142 valence electrons. The van der Waals surface area contributed by atoms with E-state index in [0.29, 0.717) is 12.5 Å². The Bertz CT molecular complexity index is 485. The highest BCUT2D eigenvalue weighted by Gasteiger charge is 2.25. The van der Waals surface area contributed by atoms with E-state index in [4.69, 9.17) is 0 Å². The Morgan fingerprint density at radius 2 is 1.88 bits per heavy atom. The summed E-state index contributed by atoms with van der Waals surface area (Å²) in [7, 11) is 3.12. The van der Waals surface area contributed by atoms with Crippen LogP contribution in [0, 0.1) is 5.92 Å². The maximum absolute atomic E-state index is 11.3. The van der Waals surface area contributed by atoms with E-state index in [-0.39, 0.29) is 11.8 Å². The molecule has 0 heterocycles. The molecule has 0 saturated heterocycles. The van der Waals surface area contributed by atoms with Crippen molar-refractivity contribution in [2.24, 2.45) is 10.9 Å². The summed E-state index contributed by atoms with van der Waals surface area (Å²) >= 11 is 0. The fourth-order valence-corrected chi connectivity index (χ4v) is 4.16. The lowest BCUT2D eigenvalue weighted by Crippen LogP contribution is -2.50.